The number of hydrogen-bond acceptors (Lipinski definition) is 4. The number of thioether (sulfide) groups is 1. The number of carbonyl (C=O) groups excluding carboxylic acids is 1. The number of amidine groups is 1. The van der Waals surface area contributed by atoms with Gasteiger partial charge in [-0.25, -0.2) is 4.39 Å². The Balaban J connectivity index is 1.69. The van der Waals surface area contributed by atoms with Crippen LogP contribution in [0, 0.1) is 5.82 Å². The summed E-state index contributed by atoms with van der Waals surface area (Å²) in [5.74, 6) is -0.699. The molecule has 4 nitrogen and oxygen atoms in total. The molecule has 0 radical (unpaired) electrons. The highest BCUT2D eigenvalue weighted by molar-refractivity contribution is 8.15. The van der Waals surface area contributed by atoms with E-state index in [2.05, 4.69) is 15.5 Å². The molecule has 0 saturated carbocycles. The molecule has 3 rings (SSSR count). The Morgan fingerprint density at radius 1 is 1.18 bits per heavy atom. The smallest absolute Gasteiger partial charge is 0.303 e. The van der Waals surface area contributed by atoms with Crippen molar-refractivity contribution < 1.29 is 22.4 Å². The highest BCUT2D eigenvalue weighted by atomic mass is 32.2. The fourth-order valence-electron chi connectivity index (χ4n) is 2.54. The summed E-state index contributed by atoms with van der Waals surface area (Å²) in [5, 5.41) is 10.3. The Kier molecular flexibility index (Phi) is 5.83. The van der Waals surface area contributed by atoms with Crippen LogP contribution in [0.2, 0.25) is 0 Å². The number of halogens is 4. The second-order valence-electron chi connectivity index (χ2n) is 6.10. The van der Waals surface area contributed by atoms with Crippen molar-refractivity contribution >= 4 is 28.5 Å². The van der Waals surface area contributed by atoms with Crippen LogP contribution in [0.3, 0.4) is 0 Å². The minimum atomic E-state index is -4.43. The van der Waals surface area contributed by atoms with E-state index in [1.165, 1.54) is 18.2 Å². The molecule has 1 fully saturated rings. The summed E-state index contributed by atoms with van der Waals surface area (Å²) in [6.45, 7) is 1.69. The van der Waals surface area contributed by atoms with E-state index in [9.17, 15) is 22.4 Å². The quantitative estimate of drug-likeness (QED) is 0.462. The standard InChI is InChI=1S/C19H15F4N3OS/c1-11(13-5-7-15(20)8-6-13)25-26-18-24-17(27)16(28-18)10-12-3-2-4-14(9-12)19(21,22)23/h2-9,16H,10H2,1H3,(H,24,26,27)/b25-11+. The maximum absolute atomic E-state index is 13.0. The van der Waals surface area contributed by atoms with Crippen LogP contribution in [-0.4, -0.2) is 22.0 Å². The van der Waals surface area contributed by atoms with E-state index in [1.807, 2.05) is 0 Å². The number of nitrogens with one attached hydrogen (secondary N) is 1. The number of hydrogen-bond donors (Lipinski definition) is 1. The Hall–Kier alpha value is -2.68. The van der Waals surface area contributed by atoms with Gasteiger partial charge >= 0.3 is 6.18 Å². The van der Waals surface area contributed by atoms with Crippen LogP contribution >= 0.6 is 11.8 Å². The van der Waals surface area contributed by atoms with E-state index in [4.69, 9.17) is 0 Å². The molecule has 28 heavy (non-hydrogen) atoms. The maximum atomic E-state index is 13.0. The van der Waals surface area contributed by atoms with E-state index >= 15 is 0 Å². The molecule has 0 bridgehead atoms. The van der Waals surface area contributed by atoms with Gasteiger partial charge in [0.05, 0.1) is 16.5 Å². The fourth-order valence-corrected chi connectivity index (χ4v) is 3.50. The number of carbonyl (C=O) groups is 1. The highest BCUT2D eigenvalue weighted by Gasteiger charge is 2.33. The molecule has 9 heteroatoms. The van der Waals surface area contributed by atoms with Crippen molar-refractivity contribution in [2.75, 3.05) is 0 Å². The average molecular weight is 409 g/mol. The van der Waals surface area contributed by atoms with Crippen LogP contribution in [0.5, 0.6) is 0 Å². The van der Waals surface area contributed by atoms with Gasteiger partial charge in [-0.2, -0.15) is 18.3 Å². The molecule has 1 N–H and O–H groups in total. The van der Waals surface area contributed by atoms with Gasteiger partial charge in [-0.3, -0.25) is 4.79 Å². The van der Waals surface area contributed by atoms with E-state index in [1.54, 1.807) is 25.1 Å². The second-order valence-corrected chi connectivity index (χ2v) is 7.29. The summed E-state index contributed by atoms with van der Waals surface area (Å²) < 4.78 is 51.4. The van der Waals surface area contributed by atoms with E-state index in [0.29, 0.717) is 16.8 Å². The number of alkyl halides is 3. The fraction of sp³-hybridized carbons (Fsp3) is 0.211. The molecule has 0 spiro atoms. The second kappa shape index (κ2) is 8.14. The van der Waals surface area contributed by atoms with E-state index in [-0.39, 0.29) is 23.3 Å². The van der Waals surface area contributed by atoms with Crippen LogP contribution in [0.1, 0.15) is 23.6 Å². The molecular formula is C19H15F4N3OS. The Morgan fingerprint density at radius 3 is 2.57 bits per heavy atom. The first kappa shape index (κ1) is 20.1. The molecule has 2 aromatic rings. The molecule has 1 aliphatic heterocycles. The molecule has 0 aromatic heterocycles. The van der Waals surface area contributed by atoms with Crippen LogP contribution in [0.4, 0.5) is 17.6 Å². The van der Waals surface area contributed by atoms with Gasteiger partial charge in [0.1, 0.15) is 5.82 Å². The van der Waals surface area contributed by atoms with Gasteiger partial charge < -0.3 is 5.32 Å². The van der Waals surface area contributed by atoms with Gasteiger partial charge in [-0.05, 0) is 42.7 Å². The average Bonchev–Trinajstić information content (AvgIpc) is 2.99. The SMILES string of the molecule is C/C(=N\N=C1/NC(=O)C(Cc2cccc(C(F)(F)F)c2)S1)c1ccc(F)cc1. The molecule has 1 unspecified atom stereocenters. The molecule has 1 atom stereocenters. The zero-order chi connectivity index (χ0) is 20.3. The molecule has 1 saturated heterocycles. The third-order valence-corrected chi connectivity index (χ3v) is 5.08. The van der Waals surface area contributed by atoms with Crippen molar-refractivity contribution in [3.05, 3.63) is 71.0 Å². The van der Waals surface area contributed by atoms with Crippen LogP contribution in [0.15, 0.2) is 58.7 Å². The first-order valence-corrected chi connectivity index (χ1v) is 9.12. The number of nitrogens with zero attached hydrogens (tertiary/aromatic N) is 2. The minimum Gasteiger partial charge on any atom is -0.303 e. The van der Waals surface area contributed by atoms with Crippen molar-refractivity contribution in [3.8, 4) is 0 Å². The number of rotatable bonds is 4. The first-order valence-electron chi connectivity index (χ1n) is 8.24. The molecule has 1 heterocycles. The van der Waals surface area contributed by atoms with Crippen molar-refractivity contribution in [2.24, 2.45) is 10.2 Å². The Labute approximate surface area is 162 Å². The lowest BCUT2D eigenvalue weighted by Crippen LogP contribution is -2.26. The maximum Gasteiger partial charge on any atom is 0.416 e. The third-order valence-electron chi connectivity index (χ3n) is 4.00. The van der Waals surface area contributed by atoms with Crippen LogP contribution in [-0.2, 0) is 17.4 Å². The van der Waals surface area contributed by atoms with Gasteiger partial charge in [0, 0.05) is 0 Å². The van der Waals surface area contributed by atoms with Crippen molar-refractivity contribution in [3.63, 3.8) is 0 Å². The van der Waals surface area contributed by atoms with Gasteiger partial charge in [0.25, 0.3) is 0 Å². The summed E-state index contributed by atoms with van der Waals surface area (Å²) in [5.41, 5.74) is 0.876. The van der Waals surface area contributed by atoms with Crippen molar-refractivity contribution in [1.29, 1.82) is 0 Å². The van der Waals surface area contributed by atoms with Gasteiger partial charge in [0.15, 0.2) is 5.17 Å². The lowest BCUT2D eigenvalue weighted by atomic mass is 10.1. The van der Waals surface area contributed by atoms with Crippen molar-refractivity contribution in [1.82, 2.24) is 5.32 Å². The van der Waals surface area contributed by atoms with E-state index in [0.717, 1.165) is 23.9 Å². The zero-order valence-corrected chi connectivity index (χ0v) is 15.4. The monoisotopic (exact) mass is 409 g/mol. The predicted octanol–water partition coefficient (Wildman–Crippen LogP) is 4.40. The van der Waals surface area contributed by atoms with Gasteiger partial charge in [-0.15, -0.1) is 5.10 Å². The normalized spacial score (nSPS) is 19.2. The summed E-state index contributed by atoms with van der Waals surface area (Å²) in [4.78, 5) is 12.1. The van der Waals surface area contributed by atoms with Crippen molar-refractivity contribution in [2.45, 2.75) is 24.8 Å². The molecule has 2 aromatic carbocycles. The summed E-state index contributed by atoms with van der Waals surface area (Å²) in [6, 6.07) is 10.6. The summed E-state index contributed by atoms with van der Waals surface area (Å²) in [6.07, 6.45) is -4.29. The number of benzene rings is 2. The first-order chi connectivity index (χ1) is 13.2. The lowest BCUT2D eigenvalue weighted by molar-refractivity contribution is -0.137. The molecule has 1 aliphatic rings. The molecule has 0 aliphatic carbocycles. The van der Waals surface area contributed by atoms with E-state index < -0.39 is 17.0 Å². The zero-order valence-electron chi connectivity index (χ0n) is 14.6. The molecule has 1 amide bonds. The predicted molar refractivity (Wildman–Crippen MR) is 101 cm³/mol. The molecule has 146 valence electrons. The van der Waals surface area contributed by atoms with Gasteiger partial charge in [-0.1, -0.05) is 42.1 Å². The van der Waals surface area contributed by atoms with Gasteiger partial charge in [0.2, 0.25) is 5.91 Å². The summed E-state index contributed by atoms with van der Waals surface area (Å²) in [7, 11) is 0. The minimum absolute atomic E-state index is 0.139. The highest BCUT2D eigenvalue weighted by Crippen LogP contribution is 2.31. The van der Waals surface area contributed by atoms with Crippen LogP contribution < -0.4 is 5.32 Å². The van der Waals surface area contributed by atoms with Crippen LogP contribution in [0.25, 0.3) is 0 Å². The lowest BCUT2D eigenvalue weighted by Gasteiger charge is -2.10. The topological polar surface area (TPSA) is 53.8 Å². The number of amides is 1. The summed E-state index contributed by atoms with van der Waals surface area (Å²) >= 11 is 1.11. The largest absolute Gasteiger partial charge is 0.416 e. The Bertz CT molecular complexity index is 939. The molecular weight excluding hydrogens is 394 g/mol. The Morgan fingerprint density at radius 2 is 1.89 bits per heavy atom. The third kappa shape index (κ3) is 4.98.